The Morgan fingerprint density at radius 1 is 1.15 bits per heavy atom. The highest BCUT2D eigenvalue weighted by molar-refractivity contribution is 6.96. The third-order valence-electron chi connectivity index (χ3n) is 5.36. The van der Waals surface area contributed by atoms with Crippen LogP contribution in [-0.2, 0) is 20.9 Å². The van der Waals surface area contributed by atoms with Gasteiger partial charge < -0.3 is 14.6 Å². The molecule has 1 atom stereocenters. The van der Waals surface area contributed by atoms with Gasteiger partial charge >= 0.3 is 5.97 Å². The van der Waals surface area contributed by atoms with Gasteiger partial charge in [0, 0.05) is 27.4 Å². The van der Waals surface area contributed by atoms with Crippen LogP contribution in [0.5, 0.6) is 0 Å². The molecule has 27 heavy (non-hydrogen) atoms. The molecule has 0 saturated carbocycles. The predicted octanol–water partition coefficient (Wildman–Crippen LogP) is 3.89. The van der Waals surface area contributed by atoms with Crippen LogP contribution in [0.2, 0.25) is 39.3 Å². The predicted molar refractivity (Wildman–Crippen MR) is 114 cm³/mol. The fourth-order valence-electron chi connectivity index (χ4n) is 5.00. The minimum atomic E-state index is -1.69. The molecule has 1 aromatic heterocycles. The van der Waals surface area contributed by atoms with Gasteiger partial charge in [0.25, 0.3) is 0 Å². The Labute approximate surface area is 163 Å². The first-order valence-electron chi connectivity index (χ1n) is 9.44. The van der Waals surface area contributed by atoms with Gasteiger partial charge in [-0.3, -0.25) is 9.59 Å². The summed E-state index contributed by atoms with van der Waals surface area (Å²) in [5, 5.41) is 1.18. The number of hydrogen-bond acceptors (Lipinski definition) is 3. The van der Waals surface area contributed by atoms with Crippen molar-refractivity contribution < 1.29 is 14.3 Å². The average Bonchev–Trinajstić information content (AvgIpc) is 2.90. The number of ether oxygens (including phenoxy) is 1. The van der Waals surface area contributed by atoms with Crippen LogP contribution < -0.4 is 0 Å². The van der Waals surface area contributed by atoms with Gasteiger partial charge in [-0.1, -0.05) is 57.5 Å². The Balaban J connectivity index is 2.21. The zero-order valence-electron chi connectivity index (χ0n) is 17.3. The number of hydrogen-bond donors (Lipinski definition) is 1. The molecule has 1 aliphatic heterocycles. The van der Waals surface area contributed by atoms with Gasteiger partial charge in [0.15, 0.2) is 5.92 Å². The fraction of sp³-hybridized carbons (Fsp3) is 0.500. The second-order valence-corrected chi connectivity index (χ2v) is 20.8. The van der Waals surface area contributed by atoms with Crippen molar-refractivity contribution in [3.63, 3.8) is 0 Å². The first-order valence-corrected chi connectivity index (χ1v) is 16.6. The summed E-state index contributed by atoms with van der Waals surface area (Å²) in [5.74, 6) is -1.46. The first kappa shape index (κ1) is 19.9. The normalized spacial score (nSPS) is 18.1. The molecule has 1 aliphatic rings. The molecule has 1 amide bonds. The Morgan fingerprint density at radius 2 is 1.74 bits per heavy atom. The molecule has 5 nitrogen and oxygen atoms in total. The number of benzene rings is 1. The van der Waals surface area contributed by atoms with Crippen molar-refractivity contribution >= 4 is 38.9 Å². The smallest absolute Gasteiger partial charge is 0.322 e. The minimum absolute atomic E-state index is 0.103. The van der Waals surface area contributed by atoms with Gasteiger partial charge in [-0.25, -0.2) is 0 Å². The maximum atomic E-state index is 13.6. The lowest BCUT2D eigenvalue weighted by Gasteiger charge is -2.48. The van der Waals surface area contributed by atoms with Gasteiger partial charge in [-0.2, -0.15) is 0 Å². The Hall–Kier alpha value is -1.87. The molecule has 0 spiro atoms. The van der Waals surface area contributed by atoms with E-state index in [0.717, 1.165) is 22.2 Å². The topological polar surface area (TPSA) is 62.4 Å². The lowest BCUT2D eigenvalue weighted by atomic mass is 9.91. The summed E-state index contributed by atoms with van der Waals surface area (Å²) in [6.45, 7) is 14.4. The zero-order valence-corrected chi connectivity index (χ0v) is 19.3. The zero-order chi connectivity index (χ0) is 20.1. The quantitative estimate of drug-likeness (QED) is 0.479. The molecule has 7 heteroatoms. The second kappa shape index (κ2) is 6.63. The number of nitrogens with zero attached hydrogens (tertiary/aromatic N) is 1. The molecule has 146 valence electrons. The number of aromatic amines is 1. The maximum Gasteiger partial charge on any atom is 0.322 e. The maximum absolute atomic E-state index is 13.6. The van der Waals surface area contributed by atoms with Crippen molar-refractivity contribution in [2.24, 2.45) is 0 Å². The van der Waals surface area contributed by atoms with Gasteiger partial charge in [-0.15, -0.1) is 0 Å². The van der Waals surface area contributed by atoms with E-state index < -0.39 is 28.0 Å². The summed E-state index contributed by atoms with van der Waals surface area (Å²) in [7, 11) is -2.01. The van der Waals surface area contributed by atoms with E-state index in [-0.39, 0.29) is 11.2 Å². The van der Waals surface area contributed by atoms with Gasteiger partial charge in [-0.05, 0) is 6.07 Å². The number of esters is 1. The van der Waals surface area contributed by atoms with E-state index in [9.17, 15) is 9.59 Å². The van der Waals surface area contributed by atoms with Crippen LogP contribution in [0, 0.1) is 0 Å². The Kier molecular flexibility index (Phi) is 4.88. The van der Waals surface area contributed by atoms with Crippen LogP contribution in [-0.4, -0.2) is 50.3 Å². The molecular weight excluding hydrogens is 372 g/mol. The molecule has 2 aromatic rings. The highest BCUT2D eigenvalue weighted by atomic mass is 28.4. The van der Waals surface area contributed by atoms with Crippen LogP contribution >= 0.6 is 0 Å². The van der Waals surface area contributed by atoms with Crippen LogP contribution in [0.1, 0.15) is 17.2 Å². The monoisotopic (exact) mass is 402 g/mol. The average molecular weight is 403 g/mol. The van der Waals surface area contributed by atoms with E-state index in [0.29, 0.717) is 6.54 Å². The first-order chi connectivity index (χ1) is 12.5. The van der Waals surface area contributed by atoms with E-state index in [1.54, 1.807) is 0 Å². The lowest BCUT2D eigenvalue weighted by Crippen LogP contribution is -2.66. The summed E-state index contributed by atoms with van der Waals surface area (Å²) in [6, 6.07) is 7.86. The number of amides is 1. The summed E-state index contributed by atoms with van der Waals surface area (Å²) in [6.07, 6.45) is 0. The SMILES string of the molecule is COC(=O)C1C(=O)N(C([Si](C)(C)C)[Si](C)(C)C)Cc2[nH]c3ccccc3c21. The van der Waals surface area contributed by atoms with E-state index in [4.69, 9.17) is 4.74 Å². The number of fused-ring (bicyclic) bond motifs is 3. The molecule has 1 unspecified atom stereocenters. The summed E-state index contributed by atoms with van der Waals surface area (Å²) < 4.78 is 5.06. The minimum Gasteiger partial charge on any atom is -0.468 e. The van der Waals surface area contributed by atoms with E-state index in [1.165, 1.54) is 7.11 Å². The van der Waals surface area contributed by atoms with Crippen molar-refractivity contribution in [1.82, 2.24) is 9.88 Å². The number of H-pyrrole nitrogens is 1. The highest BCUT2D eigenvalue weighted by Gasteiger charge is 2.49. The molecule has 3 rings (SSSR count). The molecule has 1 N–H and O–H groups in total. The van der Waals surface area contributed by atoms with Crippen molar-refractivity contribution in [1.29, 1.82) is 0 Å². The van der Waals surface area contributed by atoms with Crippen LogP contribution in [0.25, 0.3) is 10.9 Å². The Bertz CT molecular complexity index is 879. The second-order valence-electron chi connectivity index (χ2n) is 9.62. The number of nitrogens with one attached hydrogen (secondary N) is 1. The summed E-state index contributed by atoms with van der Waals surface area (Å²) in [5.41, 5.74) is 2.72. The van der Waals surface area contributed by atoms with E-state index >= 15 is 0 Å². The third-order valence-corrected chi connectivity index (χ3v) is 14.5. The Morgan fingerprint density at radius 3 is 2.30 bits per heavy atom. The van der Waals surface area contributed by atoms with Gasteiger partial charge in [0.05, 0.1) is 29.8 Å². The molecule has 0 aliphatic carbocycles. The van der Waals surface area contributed by atoms with Crippen LogP contribution in [0.15, 0.2) is 24.3 Å². The number of carbonyl (C=O) groups is 2. The van der Waals surface area contributed by atoms with Crippen LogP contribution in [0.3, 0.4) is 0 Å². The van der Waals surface area contributed by atoms with Crippen molar-refractivity contribution in [2.45, 2.75) is 57.0 Å². The van der Waals surface area contributed by atoms with E-state index in [1.807, 2.05) is 29.2 Å². The van der Waals surface area contributed by atoms with Crippen molar-refractivity contribution in [2.75, 3.05) is 7.11 Å². The van der Waals surface area contributed by atoms with Gasteiger partial charge in [0.1, 0.15) is 0 Å². The van der Waals surface area contributed by atoms with Crippen molar-refractivity contribution in [3.05, 3.63) is 35.5 Å². The van der Waals surface area contributed by atoms with Crippen molar-refractivity contribution in [3.8, 4) is 0 Å². The highest BCUT2D eigenvalue weighted by Crippen LogP contribution is 2.39. The standard InChI is InChI=1S/C20H30N2O3Si2/c1-25-19(24)17-16-13-10-8-9-11-14(13)21-15(16)12-22(18(17)23)20(26(2,3)4)27(5,6)7/h8-11,17,20-21H,12H2,1-7H3. The third kappa shape index (κ3) is 3.38. The molecule has 2 heterocycles. The summed E-state index contributed by atoms with van der Waals surface area (Å²) in [4.78, 5) is 31.8. The molecule has 0 saturated heterocycles. The number of methoxy groups -OCH3 is 1. The molecule has 0 bridgehead atoms. The molecule has 0 fully saturated rings. The molecule has 0 radical (unpaired) electrons. The van der Waals surface area contributed by atoms with E-state index in [2.05, 4.69) is 44.3 Å². The largest absolute Gasteiger partial charge is 0.468 e. The summed E-state index contributed by atoms with van der Waals surface area (Å²) >= 11 is 0. The number of para-hydroxylation sites is 1. The lowest BCUT2D eigenvalue weighted by molar-refractivity contribution is -0.150. The number of carbonyl (C=O) groups excluding carboxylic acids is 2. The van der Waals surface area contributed by atoms with Gasteiger partial charge in [0.2, 0.25) is 5.91 Å². The fourth-order valence-corrected chi connectivity index (χ4v) is 17.7. The van der Waals surface area contributed by atoms with Crippen LogP contribution in [0.4, 0.5) is 0 Å². The molecule has 1 aromatic carbocycles. The number of aromatic nitrogens is 1. The number of rotatable bonds is 4. The molecular formula is C20H30N2O3Si2.